The third kappa shape index (κ3) is 4.31. The SMILES string of the molecule is CCCOC(=O)CCC(=O)C1CCC(C)O1. The summed E-state index contributed by atoms with van der Waals surface area (Å²) < 4.78 is 10.3. The minimum Gasteiger partial charge on any atom is -0.466 e. The summed E-state index contributed by atoms with van der Waals surface area (Å²) in [5, 5.41) is 0. The molecule has 0 aromatic carbocycles. The normalized spacial score (nSPS) is 24.4. The third-order valence-corrected chi connectivity index (χ3v) is 2.63. The van der Waals surface area contributed by atoms with Crippen LogP contribution in [0, 0.1) is 0 Å². The summed E-state index contributed by atoms with van der Waals surface area (Å²) in [5.74, 6) is -0.265. The fourth-order valence-electron chi connectivity index (χ4n) is 1.71. The molecule has 0 saturated carbocycles. The van der Waals surface area contributed by atoms with Gasteiger partial charge in [-0.05, 0) is 26.2 Å². The Bertz CT molecular complexity index is 249. The first-order valence-corrected chi connectivity index (χ1v) is 5.97. The van der Waals surface area contributed by atoms with Crippen molar-refractivity contribution in [2.24, 2.45) is 0 Å². The van der Waals surface area contributed by atoms with Gasteiger partial charge >= 0.3 is 5.97 Å². The van der Waals surface area contributed by atoms with Gasteiger partial charge in [-0.2, -0.15) is 0 Å². The first-order chi connectivity index (χ1) is 7.63. The highest BCUT2D eigenvalue weighted by molar-refractivity contribution is 5.86. The summed E-state index contributed by atoms with van der Waals surface area (Å²) in [6, 6.07) is 0. The molecule has 0 aromatic heterocycles. The highest BCUT2D eigenvalue weighted by atomic mass is 16.5. The molecule has 1 heterocycles. The molecular formula is C12H20O4. The van der Waals surface area contributed by atoms with Crippen molar-refractivity contribution in [2.45, 2.75) is 58.2 Å². The van der Waals surface area contributed by atoms with E-state index in [9.17, 15) is 9.59 Å². The van der Waals surface area contributed by atoms with Gasteiger partial charge in [-0.1, -0.05) is 6.92 Å². The van der Waals surface area contributed by atoms with E-state index in [2.05, 4.69) is 0 Å². The number of hydrogen-bond acceptors (Lipinski definition) is 4. The quantitative estimate of drug-likeness (QED) is 0.651. The van der Waals surface area contributed by atoms with Crippen LogP contribution in [0.25, 0.3) is 0 Å². The van der Waals surface area contributed by atoms with Crippen molar-refractivity contribution in [3.63, 3.8) is 0 Å². The first kappa shape index (κ1) is 13.2. The van der Waals surface area contributed by atoms with E-state index in [0.717, 1.165) is 19.3 Å². The molecule has 1 aliphatic rings. The molecule has 4 nitrogen and oxygen atoms in total. The van der Waals surface area contributed by atoms with Crippen molar-refractivity contribution < 1.29 is 19.1 Å². The van der Waals surface area contributed by atoms with Crippen LogP contribution in [-0.2, 0) is 19.1 Å². The maximum atomic E-state index is 11.6. The maximum Gasteiger partial charge on any atom is 0.306 e. The molecule has 0 N–H and O–H groups in total. The molecule has 92 valence electrons. The lowest BCUT2D eigenvalue weighted by molar-refractivity contribution is -0.145. The van der Waals surface area contributed by atoms with Gasteiger partial charge in [0.15, 0.2) is 5.78 Å². The van der Waals surface area contributed by atoms with E-state index < -0.39 is 0 Å². The monoisotopic (exact) mass is 228 g/mol. The number of carbonyl (C=O) groups excluding carboxylic acids is 2. The van der Waals surface area contributed by atoms with Crippen LogP contribution >= 0.6 is 0 Å². The molecule has 1 aliphatic heterocycles. The van der Waals surface area contributed by atoms with Crippen molar-refractivity contribution in [3.8, 4) is 0 Å². The largest absolute Gasteiger partial charge is 0.466 e. The van der Waals surface area contributed by atoms with Crippen molar-refractivity contribution >= 4 is 11.8 Å². The average molecular weight is 228 g/mol. The van der Waals surface area contributed by atoms with Crippen molar-refractivity contribution in [1.82, 2.24) is 0 Å². The van der Waals surface area contributed by atoms with Crippen LogP contribution in [0.3, 0.4) is 0 Å². The Kier molecular flexibility index (Phi) is 5.46. The number of carbonyl (C=O) groups is 2. The molecule has 0 radical (unpaired) electrons. The predicted molar refractivity (Wildman–Crippen MR) is 59.1 cm³/mol. The minimum atomic E-state index is -0.297. The van der Waals surface area contributed by atoms with E-state index in [1.165, 1.54) is 0 Å². The van der Waals surface area contributed by atoms with Gasteiger partial charge in [0.05, 0.1) is 19.1 Å². The van der Waals surface area contributed by atoms with Gasteiger partial charge in [0.1, 0.15) is 6.10 Å². The number of ether oxygens (including phenoxy) is 2. The Morgan fingerprint density at radius 3 is 2.62 bits per heavy atom. The smallest absolute Gasteiger partial charge is 0.306 e. The van der Waals surface area contributed by atoms with Crippen molar-refractivity contribution in [2.75, 3.05) is 6.61 Å². The van der Waals surface area contributed by atoms with E-state index in [0.29, 0.717) is 6.61 Å². The van der Waals surface area contributed by atoms with Crippen LogP contribution < -0.4 is 0 Å². The van der Waals surface area contributed by atoms with Crippen LogP contribution in [0.2, 0.25) is 0 Å². The number of rotatable bonds is 6. The standard InChI is InChI=1S/C12H20O4/c1-3-8-15-12(14)7-5-10(13)11-6-4-9(2)16-11/h9,11H,3-8H2,1-2H3. The van der Waals surface area contributed by atoms with Gasteiger partial charge in [-0.25, -0.2) is 0 Å². The molecule has 0 aliphatic carbocycles. The minimum absolute atomic E-state index is 0.0257. The van der Waals surface area contributed by atoms with Crippen molar-refractivity contribution in [3.05, 3.63) is 0 Å². The summed E-state index contributed by atoms with van der Waals surface area (Å²) in [6.07, 6.45) is 2.80. The van der Waals surface area contributed by atoms with Gasteiger partial charge in [0, 0.05) is 6.42 Å². The fraction of sp³-hybridized carbons (Fsp3) is 0.833. The lowest BCUT2D eigenvalue weighted by atomic mass is 10.1. The van der Waals surface area contributed by atoms with E-state index in [-0.39, 0.29) is 36.8 Å². The topological polar surface area (TPSA) is 52.6 Å². The van der Waals surface area contributed by atoms with Gasteiger partial charge in [-0.3, -0.25) is 9.59 Å². The van der Waals surface area contributed by atoms with Crippen LogP contribution in [0.4, 0.5) is 0 Å². The molecule has 1 fully saturated rings. The van der Waals surface area contributed by atoms with Crippen LogP contribution in [0.15, 0.2) is 0 Å². The Morgan fingerprint density at radius 2 is 2.06 bits per heavy atom. The molecule has 2 atom stereocenters. The summed E-state index contributed by atoms with van der Waals surface area (Å²) >= 11 is 0. The second kappa shape index (κ2) is 6.63. The summed E-state index contributed by atoms with van der Waals surface area (Å²) in [6.45, 7) is 4.33. The second-order valence-corrected chi connectivity index (χ2v) is 4.20. The van der Waals surface area contributed by atoms with Crippen LogP contribution in [0.1, 0.15) is 46.0 Å². The lowest BCUT2D eigenvalue weighted by Crippen LogP contribution is -2.21. The van der Waals surface area contributed by atoms with Gasteiger partial charge in [-0.15, -0.1) is 0 Å². The second-order valence-electron chi connectivity index (χ2n) is 4.20. The molecule has 16 heavy (non-hydrogen) atoms. The summed E-state index contributed by atoms with van der Waals surface area (Å²) in [7, 11) is 0. The number of hydrogen-bond donors (Lipinski definition) is 0. The summed E-state index contributed by atoms with van der Waals surface area (Å²) in [5.41, 5.74) is 0. The zero-order chi connectivity index (χ0) is 12.0. The molecule has 0 amide bonds. The van der Waals surface area contributed by atoms with Gasteiger partial charge in [0.2, 0.25) is 0 Å². The molecule has 4 heteroatoms. The zero-order valence-corrected chi connectivity index (χ0v) is 10.0. The Balaban J connectivity index is 2.17. The number of ketones is 1. The van der Waals surface area contributed by atoms with E-state index in [1.54, 1.807) is 0 Å². The zero-order valence-electron chi connectivity index (χ0n) is 10.0. The molecule has 1 rings (SSSR count). The van der Waals surface area contributed by atoms with Crippen LogP contribution in [0.5, 0.6) is 0 Å². The molecule has 0 aromatic rings. The molecule has 0 bridgehead atoms. The Hall–Kier alpha value is -0.900. The Labute approximate surface area is 96.3 Å². The highest BCUT2D eigenvalue weighted by Gasteiger charge is 2.27. The molecule has 2 unspecified atom stereocenters. The molecule has 0 spiro atoms. The predicted octanol–water partition coefficient (Wildman–Crippen LogP) is 1.86. The number of esters is 1. The van der Waals surface area contributed by atoms with Gasteiger partial charge < -0.3 is 9.47 Å². The number of Topliss-reactive ketones (excluding diaryl/α,β-unsaturated/α-hetero) is 1. The molecule has 1 saturated heterocycles. The van der Waals surface area contributed by atoms with Crippen molar-refractivity contribution in [1.29, 1.82) is 0 Å². The first-order valence-electron chi connectivity index (χ1n) is 5.97. The third-order valence-electron chi connectivity index (χ3n) is 2.63. The highest BCUT2D eigenvalue weighted by Crippen LogP contribution is 2.21. The van der Waals surface area contributed by atoms with E-state index in [4.69, 9.17) is 9.47 Å². The summed E-state index contributed by atoms with van der Waals surface area (Å²) in [4.78, 5) is 22.8. The van der Waals surface area contributed by atoms with Crippen LogP contribution in [-0.4, -0.2) is 30.6 Å². The fourth-order valence-corrected chi connectivity index (χ4v) is 1.71. The molecular weight excluding hydrogens is 208 g/mol. The Morgan fingerprint density at radius 1 is 1.31 bits per heavy atom. The average Bonchev–Trinajstić information content (AvgIpc) is 2.69. The van der Waals surface area contributed by atoms with E-state index in [1.807, 2.05) is 13.8 Å². The lowest BCUT2D eigenvalue weighted by Gasteiger charge is -2.09. The maximum absolute atomic E-state index is 11.6. The van der Waals surface area contributed by atoms with E-state index >= 15 is 0 Å². The van der Waals surface area contributed by atoms with Gasteiger partial charge in [0.25, 0.3) is 0 Å².